The van der Waals surface area contributed by atoms with Gasteiger partial charge in [0.25, 0.3) is 13.4 Å². The Hall–Kier alpha value is -7.89. The molecule has 7 heteroatoms. The van der Waals surface area contributed by atoms with Gasteiger partial charge in [-0.1, -0.05) is 127 Å². The van der Waals surface area contributed by atoms with E-state index in [1.165, 1.54) is 27.0 Å². The molecule has 5 nitrogen and oxygen atoms in total. The van der Waals surface area contributed by atoms with E-state index < -0.39 is 0 Å². The van der Waals surface area contributed by atoms with Crippen LogP contribution in [0.5, 0.6) is 34.5 Å². The molecule has 9 aromatic carbocycles. The molecule has 0 saturated carbocycles. The van der Waals surface area contributed by atoms with Crippen LogP contribution < -0.4 is 47.0 Å². The van der Waals surface area contributed by atoms with Crippen molar-refractivity contribution < 1.29 is 14.2 Å². The molecule has 14 rings (SSSR count). The van der Waals surface area contributed by atoms with Gasteiger partial charge in [0, 0.05) is 44.4 Å². The predicted molar refractivity (Wildman–Crippen MR) is 250 cm³/mol. The first kappa shape index (κ1) is 33.0. The van der Waals surface area contributed by atoms with Crippen molar-refractivity contribution in [3.05, 3.63) is 194 Å². The van der Waals surface area contributed by atoms with Crippen molar-refractivity contribution in [2.24, 2.45) is 0 Å². The van der Waals surface area contributed by atoms with Gasteiger partial charge in [-0.05, 0) is 88.0 Å². The molecule has 2 aromatic heterocycles. The van der Waals surface area contributed by atoms with Crippen LogP contribution in [-0.2, 0) is 0 Å². The van der Waals surface area contributed by atoms with E-state index in [0.717, 1.165) is 95.3 Å². The second-order valence-electron chi connectivity index (χ2n) is 16.3. The van der Waals surface area contributed by atoms with Crippen LogP contribution in [0.25, 0.3) is 55.0 Å². The third-order valence-electron chi connectivity index (χ3n) is 13.2. The fourth-order valence-electron chi connectivity index (χ4n) is 10.7. The molecular formula is C54H32B2N2O3. The van der Waals surface area contributed by atoms with Crippen LogP contribution in [0, 0.1) is 0 Å². The highest BCUT2D eigenvalue weighted by molar-refractivity contribution is 7.01. The molecule has 11 aromatic rings. The van der Waals surface area contributed by atoms with Gasteiger partial charge in [-0.25, -0.2) is 0 Å². The van der Waals surface area contributed by atoms with Gasteiger partial charge in [-0.15, -0.1) is 0 Å². The molecule has 0 fully saturated rings. The highest BCUT2D eigenvalue weighted by atomic mass is 16.5. The van der Waals surface area contributed by atoms with Crippen LogP contribution in [0.15, 0.2) is 194 Å². The van der Waals surface area contributed by atoms with Crippen molar-refractivity contribution in [3.8, 4) is 45.9 Å². The first-order valence-electron chi connectivity index (χ1n) is 20.9. The number of nitrogens with zero attached hydrogens (tertiary/aromatic N) is 2. The number of rotatable bonds is 3. The summed E-state index contributed by atoms with van der Waals surface area (Å²) in [6, 6.07) is 69.6. The Morgan fingerprint density at radius 2 is 0.639 bits per heavy atom. The standard InChI is InChI=1S/C54H32B2N2O3/c1-7-21-41-33(15-1)34-16-2-8-22-42(34)57(41)45-25-13-26-46(58-43-23-9-3-17-35(43)36-18-4-10-24-44(36)58)53(45)55-37-19-5-12-28-48(37)60-51-32-52-40(31-39(51)55)56-38-20-6-11-27-47(38)59-49-29-14-30-50(61-52)54(49)56/h1-32H. The maximum Gasteiger partial charge on any atom is 0.260 e. The average Bonchev–Trinajstić information content (AvgIpc) is 3.83. The molecule has 5 heterocycles. The lowest BCUT2D eigenvalue weighted by atomic mass is 9.31. The average molecular weight is 778 g/mol. The smallest absolute Gasteiger partial charge is 0.260 e. The van der Waals surface area contributed by atoms with Crippen molar-refractivity contribution in [1.82, 2.24) is 9.13 Å². The third-order valence-corrected chi connectivity index (χ3v) is 13.2. The molecular weight excluding hydrogens is 746 g/mol. The molecule has 3 aliphatic rings. The second kappa shape index (κ2) is 12.3. The lowest BCUT2D eigenvalue weighted by Crippen LogP contribution is -2.61. The molecule has 0 bridgehead atoms. The number of ether oxygens (including phenoxy) is 3. The van der Waals surface area contributed by atoms with Crippen LogP contribution >= 0.6 is 0 Å². The van der Waals surface area contributed by atoms with E-state index in [1.54, 1.807) is 0 Å². The largest absolute Gasteiger partial charge is 0.458 e. The summed E-state index contributed by atoms with van der Waals surface area (Å²) in [7, 11) is 0. The van der Waals surface area contributed by atoms with Crippen LogP contribution in [0.2, 0.25) is 0 Å². The molecule has 0 N–H and O–H groups in total. The first-order valence-corrected chi connectivity index (χ1v) is 20.9. The third kappa shape index (κ3) is 4.52. The summed E-state index contributed by atoms with van der Waals surface area (Å²) in [5.74, 6) is 4.91. The van der Waals surface area contributed by atoms with E-state index in [4.69, 9.17) is 14.2 Å². The van der Waals surface area contributed by atoms with Crippen LogP contribution in [-0.4, -0.2) is 22.6 Å². The van der Waals surface area contributed by atoms with Gasteiger partial charge in [0.05, 0.1) is 22.1 Å². The predicted octanol–water partition coefficient (Wildman–Crippen LogP) is 9.23. The number of benzene rings is 9. The maximum absolute atomic E-state index is 6.98. The van der Waals surface area contributed by atoms with Crippen LogP contribution in [0.3, 0.4) is 0 Å². The van der Waals surface area contributed by atoms with E-state index in [2.05, 4.69) is 185 Å². The van der Waals surface area contributed by atoms with Gasteiger partial charge in [-0.3, -0.25) is 0 Å². The van der Waals surface area contributed by atoms with Crippen molar-refractivity contribution in [2.45, 2.75) is 0 Å². The minimum Gasteiger partial charge on any atom is -0.458 e. The van der Waals surface area contributed by atoms with E-state index in [1.807, 2.05) is 18.2 Å². The summed E-state index contributed by atoms with van der Waals surface area (Å²) in [5.41, 5.74) is 13.5. The van der Waals surface area contributed by atoms with E-state index in [9.17, 15) is 0 Å². The van der Waals surface area contributed by atoms with Crippen LogP contribution in [0.1, 0.15) is 0 Å². The molecule has 3 aliphatic heterocycles. The summed E-state index contributed by atoms with van der Waals surface area (Å²) in [6.45, 7) is -0.338. The minimum atomic E-state index is -0.247. The summed E-state index contributed by atoms with van der Waals surface area (Å²) >= 11 is 0. The summed E-state index contributed by atoms with van der Waals surface area (Å²) in [5, 5.41) is 4.88. The lowest BCUT2D eigenvalue weighted by Gasteiger charge is -2.35. The Morgan fingerprint density at radius 3 is 1.13 bits per heavy atom. The SMILES string of the molecule is c1ccc2c(c1)Oc1cccc3c1B2c1cc2c(cc1O3)Oc1ccccc1B2c1c(-n2c3ccccc3c3ccccc32)cccc1-n1c2ccccc2c2ccccc21. The molecule has 0 radical (unpaired) electrons. The Balaban J connectivity index is 1.13. The zero-order valence-corrected chi connectivity index (χ0v) is 32.7. The van der Waals surface area contributed by atoms with Crippen molar-refractivity contribution in [2.75, 3.05) is 0 Å². The van der Waals surface area contributed by atoms with E-state index >= 15 is 0 Å². The van der Waals surface area contributed by atoms with Gasteiger partial charge in [0.1, 0.15) is 34.5 Å². The second-order valence-corrected chi connectivity index (χ2v) is 16.3. The van der Waals surface area contributed by atoms with Gasteiger partial charge in [0.15, 0.2) is 0 Å². The zero-order valence-electron chi connectivity index (χ0n) is 32.7. The van der Waals surface area contributed by atoms with Crippen molar-refractivity contribution in [3.63, 3.8) is 0 Å². The fraction of sp³-hybridized carbons (Fsp3) is 0. The molecule has 61 heavy (non-hydrogen) atoms. The molecule has 0 unspecified atom stereocenters. The highest BCUT2D eigenvalue weighted by Crippen LogP contribution is 2.39. The monoisotopic (exact) mass is 778 g/mol. The Bertz CT molecular complexity index is 3440. The molecule has 0 atom stereocenters. The summed E-state index contributed by atoms with van der Waals surface area (Å²) in [6.07, 6.45) is 0. The fourth-order valence-corrected chi connectivity index (χ4v) is 10.7. The molecule has 0 aliphatic carbocycles. The molecule has 282 valence electrons. The highest BCUT2D eigenvalue weighted by Gasteiger charge is 2.43. The normalized spacial score (nSPS) is 13.2. The topological polar surface area (TPSA) is 37.6 Å². The van der Waals surface area contributed by atoms with Crippen molar-refractivity contribution in [1.29, 1.82) is 0 Å². The van der Waals surface area contributed by atoms with Crippen LogP contribution in [0.4, 0.5) is 0 Å². The summed E-state index contributed by atoms with van der Waals surface area (Å²) < 4.78 is 25.3. The maximum atomic E-state index is 6.98. The van der Waals surface area contributed by atoms with Gasteiger partial charge < -0.3 is 23.3 Å². The van der Waals surface area contributed by atoms with E-state index in [0.29, 0.717) is 0 Å². The molecule has 0 amide bonds. The number of hydrogen-bond acceptors (Lipinski definition) is 3. The zero-order chi connectivity index (χ0) is 39.8. The number of hydrogen-bond donors (Lipinski definition) is 0. The lowest BCUT2D eigenvalue weighted by molar-refractivity contribution is 0.456. The van der Waals surface area contributed by atoms with Gasteiger partial charge >= 0.3 is 0 Å². The number of para-hydroxylation sites is 6. The Kier molecular flexibility index (Phi) is 6.66. The van der Waals surface area contributed by atoms with E-state index in [-0.39, 0.29) is 13.4 Å². The molecule has 0 spiro atoms. The molecule has 0 saturated heterocycles. The number of aromatic nitrogens is 2. The summed E-state index contributed by atoms with van der Waals surface area (Å²) in [4.78, 5) is 0. The minimum absolute atomic E-state index is 0.0904. The Labute approximate surface area is 351 Å². The first-order chi connectivity index (χ1) is 30.3. The quantitative estimate of drug-likeness (QED) is 0.168. The van der Waals surface area contributed by atoms with Gasteiger partial charge in [0.2, 0.25) is 0 Å². The van der Waals surface area contributed by atoms with Gasteiger partial charge in [-0.2, -0.15) is 0 Å². The number of fused-ring (bicyclic) bond motifs is 12. The van der Waals surface area contributed by atoms with Crippen molar-refractivity contribution >= 4 is 89.8 Å². The Morgan fingerprint density at radius 1 is 0.279 bits per heavy atom.